The van der Waals surface area contributed by atoms with Gasteiger partial charge in [0, 0.05) is 17.7 Å². The van der Waals surface area contributed by atoms with Gasteiger partial charge in [-0.15, -0.1) is 0 Å². The van der Waals surface area contributed by atoms with Gasteiger partial charge in [0.05, 0.1) is 30.7 Å². The molecule has 1 saturated heterocycles. The molecule has 0 spiro atoms. The molecule has 0 atom stereocenters. The second kappa shape index (κ2) is 6.42. The van der Waals surface area contributed by atoms with Gasteiger partial charge in [-0.05, 0) is 0 Å². The van der Waals surface area contributed by atoms with Crippen molar-refractivity contribution in [3.8, 4) is 0 Å². The van der Waals surface area contributed by atoms with Crippen LogP contribution in [-0.2, 0) is 14.3 Å². The van der Waals surface area contributed by atoms with Crippen LogP contribution in [-0.4, -0.2) is 36.6 Å². The first kappa shape index (κ1) is 14.4. The van der Waals surface area contributed by atoms with E-state index in [1.807, 2.05) is 0 Å². The summed E-state index contributed by atoms with van der Waals surface area (Å²) in [5.74, 6) is -0.281. The van der Waals surface area contributed by atoms with E-state index >= 15 is 0 Å². The summed E-state index contributed by atoms with van der Waals surface area (Å²) < 4.78 is 10.9. The minimum absolute atomic E-state index is 0.0201. The number of non-ortho nitro benzene ring substituents is 1. The highest BCUT2D eigenvalue weighted by molar-refractivity contribution is 5.78. The Bertz CT molecular complexity index is 500. The van der Waals surface area contributed by atoms with Crippen molar-refractivity contribution >= 4 is 11.6 Å². The van der Waals surface area contributed by atoms with E-state index in [0.717, 1.165) is 0 Å². The Morgan fingerprint density at radius 1 is 1.45 bits per heavy atom. The minimum Gasteiger partial charge on any atom is -0.348 e. The maximum atomic E-state index is 11.1. The Morgan fingerprint density at radius 2 is 2.15 bits per heavy atom. The van der Waals surface area contributed by atoms with E-state index in [1.54, 1.807) is 12.1 Å². The van der Waals surface area contributed by atoms with E-state index < -0.39 is 11.2 Å². The zero-order valence-corrected chi connectivity index (χ0v) is 10.7. The van der Waals surface area contributed by atoms with Crippen LogP contribution in [0, 0.1) is 10.1 Å². The fourth-order valence-electron chi connectivity index (χ4n) is 1.85. The lowest BCUT2D eigenvalue weighted by Gasteiger charge is -2.29. The summed E-state index contributed by atoms with van der Waals surface area (Å²) in [6.45, 7) is 0.434. The van der Waals surface area contributed by atoms with Gasteiger partial charge in [0.15, 0.2) is 6.29 Å². The van der Waals surface area contributed by atoms with Crippen LogP contribution in [0.5, 0.6) is 0 Å². The fourth-order valence-corrected chi connectivity index (χ4v) is 1.85. The molecule has 1 aliphatic heterocycles. The average molecular weight is 281 g/mol. The van der Waals surface area contributed by atoms with Crippen LogP contribution in [0.1, 0.15) is 11.9 Å². The van der Waals surface area contributed by atoms with Gasteiger partial charge in [0.1, 0.15) is 0 Å². The first-order valence-corrected chi connectivity index (χ1v) is 6.07. The van der Waals surface area contributed by atoms with Crippen LogP contribution in [0.3, 0.4) is 0 Å². The largest absolute Gasteiger partial charge is 0.348 e. The summed E-state index contributed by atoms with van der Waals surface area (Å²) in [5, 5.41) is 13.4. The maximum Gasteiger partial charge on any atom is 0.269 e. The Hall–Kier alpha value is -2.03. The van der Waals surface area contributed by atoms with Gasteiger partial charge in [-0.25, -0.2) is 0 Å². The van der Waals surface area contributed by atoms with Crippen molar-refractivity contribution in [1.82, 2.24) is 5.32 Å². The highest BCUT2D eigenvalue weighted by Crippen LogP contribution is 2.25. The number of nitro benzene ring substituents is 1. The number of carbonyl (C=O) groups excluding carboxylic acids is 1. The lowest BCUT2D eigenvalue weighted by Crippen LogP contribution is -2.47. The molecule has 0 radical (unpaired) electrons. The molecule has 3 N–H and O–H groups in total. The number of nitrogens with zero attached hydrogens (tertiary/aromatic N) is 1. The zero-order valence-electron chi connectivity index (χ0n) is 10.7. The summed E-state index contributed by atoms with van der Waals surface area (Å²) in [6.07, 6.45) is -0.666. The minimum atomic E-state index is -0.666. The van der Waals surface area contributed by atoms with Gasteiger partial charge in [0.2, 0.25) is 5.91 Å². The Morgan fingerprint density at radius 3 is 2.75 bits per heavy atom. The third-order valence-electron chi connectivity index (χ3n) is 2.80. The van der Waals surface area contributed by atoms with Gasteiger partial charge in [-0.3, -0.25) is 14.9 Å². The monoisotopic (exact) mass is 281 g/mol. The first-order chi connectivity index (χ1) is 9.60. The number of benzene rings is 1. The second-order valence-corrected chi connectivity index (χ2v) is 4.32. The Labute approximate surface area is 115 Å². The van der Waals surface area contributed by atoms with Gasteiger partial charge >= 0.3 is 0 Å². The van der Waals surface area contributed by atoms with E-state index in [0.29, 0.717) is 5.56 Å². The van der Waals surface area contributed by atoms with E-state index in [9.17, 15) is 14.9 Å². The molecule has 0 aromatic heterocycles. The molecular formula is C12H15N3O5. The number of nitro groups is 1. The molecule has 1 amide bonds. The maximum absolute atomic E-state index is 11.1. The average Bonchev–Trinajstić information content (AvgIpc) is 2.48. The van der Waals surface area contributed by atoms with Crippen molar-refractivity contribution in [3.63, 3.8) is 0 Å². The number of amides is 1. The molecule has 0 saturated carbocycles. The summed E-state index contributed by atoms with van der Waals surface area (Å²) in [6, 6.07) is 5.81. The Balaban J connectivity index is 1.95. The number of ether oxygens (including phenoxy) is 2. The number of hydrogen-bond donors (Lipinski definition) is 2. The predicted molar refractivity (Wildman–Crippen MR) is 68.7 cm³/mol. The van der Waals surface area contributed by atoms with Crippen molar-refractivity contribution in [2.24, 2.45) is 5.73 Å². The fraction of sp³-hybridized carbons (Fsp3) is 0.417. The molecule has 1 aromatic rings. The third kappa shape index (κ3) is 3.50. The third-order valence-corrected chi connectivity index (χ3v) is 2.80. The number of rotatable bonds is 4. The van der Waals surface area contributed by atoms with Crippen molar-refractivity contribution < 1.29 is 19.2 Å². The molecule has 0 unspecified atom stereocenters. The van der Waals surface area contributed by atoms with Crippen LogP contribution in [0.2, 0.25) is 0 Å². The molecule has 0 bridgehead atoms. The molecule has 1 fully saturated rings. The van der Waals surface area contributed by atoms with Crippen LogP contribution >= 0.6 is 0 Å². The number of nitrogens with two attached hydrogens (primary N) is 1. The highest BCUT2D eigenvalue weighted by atomic mass is 16.7. The molecule has 2 rings (SSSR count). The first-order valence-electron chi connectivity index (χ1n) is 6.07. The van der Waals surface area contributed by atoms with Gasteiger partial charge in [-0.2, -0.15) is 0 Å². The predicted octanol–water partition coefficient (Wildman–Crippen LogP) is 0.0837. The van der Waals surface area contributed by atoms with Crippen LogP contribution in [0.25, 0.3) is 0 Å². The van der Waals surface area contributed by atoms with Crippen LogP contribution in [0.15, 0.2) is 24.3 Å². The molecule has 1 aromatic carbocycles. The topological polar surface area (TPSA) is 117 Å². The van der Waals surface area contributed by atoms with E-state index in [1.165, 1.54) is 12.1 Å². The molecule has 108 valence electrons. The molecule has 8 heteroatoms. The lowest BCUT2D eigenvalue weighted by molar-refractivity contribution is -0.385. The zero-order chi connectivity index (χ0) is 14.5. The molecule has 1 aliphatic rings. The van der Waals surface area contributed by atoms with E-state index in [2.05, 4.69) is 5.32 Å². The van der Waals surface area contributed by atoms with Gasteiger partial charge < -0.3 is 20.5 Å². The van der Waals surface area contributed by atoms with E-state index in [4.69, 9.17) is 15.2 Å². The van der Waals surface area contributed by atoms with Crippen molar-refractivity contribution in [1.29, 1.82) is 0 Å². The van der Waals surface area contributed by atoms with E-state index in [-0.39, 0.29) is 37.4 Å². The summed E-state index contributed by atoms with van der Waals surface area (Å²) >= 11 is 0. The quantitative estimate of drug-likeness (QED) is 0.596. The normalized spacial score (nSPS) is 22.2. The van der Waals surface area contributed by atoms with Crippen molar-refractivity contribution in [3.05, 3.63) is 39.9 Å². The van der Waals surface area contributed by atoms with Crippen LogP contribution in [0.4, 0.5) is 5.69 Å². The standard InChI is InChI=1S/C12H15N3O5/c13-5-11(16)14-9-6-19-12(20-7-9)8-2-1-3-10(4-8)15(17)18/h1-4,9,12H,5-7,13H2,(H,14,16). The van der Waals surface area contributed by atoms with Gasteiger partial charge in [-0.1, -0.05) is 12.1 Å². The molecule has 0 aliphatic carbocycles. The second-order valence-electron chi connectivity index (χ2n) is 4.32. The summed E-state index contributed by atoms with van der Waals surface area (Å²) in [5.41, 5.74) is 5.75. The number of nitrogens with one attached hydrogen (secondary N) is 1. The molecule has 8 nitrogen and oxygen atoms in total. The number of hydrogen-bond acceptors (Lipinski definition) is 6. The lowest BCUT2D eigenvalue weighted by atomic mass is 10.2. The molecule has 1 heterocycles. The SMILES string of the molecule is NCC(=O)NC1COC(c2cccc([N+](=O)[O-])c2)OC1. The van der Waals surface area contributed by atoms with Gasteiger partial charge in [0.25, 0.3) is 5.69 Å². The van der Waals surface area contributed by atoms with Crippen molar-refractivity contribution in [2.45, 2.75) is 12.3 Å². The molecule has 20 heavy (non-hydrogen) atoms. The highest BCUT2D eigenvalue weighted by Gasteiger charge is 2.25. The summed E-state index contributed by atoms with van der Waals surface area (Å²) in [7, 11) is 0. The van der Waals surface area contributed by atoms with Crippen molar-refractivity contribution in [2.75, 3.05) is 19.8 Å². The molecular weight excluding hydrogens is 266 g/mol. The smallest absolute Gasteiger partial charge is 0.269 e. The summed E-state index contributed by atoms with van der Waals surface area (Å²) in [4.78, 5) is 21.4. The number of carbonyl (C=O) groups is 1. The Kier molecular flexibility index (Phi) is 4.61. The van der Waals surface area contributed by atoms with Crippen LogP contribution < -0.4 is 11.1 Å².